The Morgan fingerprint density at radius 3 is 2.65 bits per heavy atom. The number of carboxylic acid groups (broad SMARTS) is 1. The number of aryl methyl sites for hydroxylation is 1. The maximum absolute atomic E-state index is 11.3. The maximum atomic E-state index is 11.3. The number of hydrogen-bond donors (Lipinski definition) is 1. The predicted octanol–water partition coefficient (Wildman–Crippen LogP) is 3.63. The third-order valence-corrected chi connectivity index (χ3v) is 5.75. The fourth-order valence-corrected chi connectivity index (χ4v) is 4.71. The predicted molar refractivity (Wildman–Crippen MR) is 92.4 cm³/mol. The number of carboxylic acids is 1. The molecule has 3 aliphatic rings. The van der Waals surface area contributed by atoms with Crippen molar-refractivity contribution in [2.75, 3.05) is 18.0 Å². The van der Waals surface area contributed by atoms with Crippen LogP contribution in [0, 0.1) is 0 Å². The second-order valence-electron chi connectivity index (χ2n) is 7.71. The highest BCUT2D eigenvalue weighted by Gasteiger charge is 2.37. The molecule has 5 rings (SSSR count). The van der Waals surface area contributed by atoms with Gasteiger partial charge in [0.2, 0.25) is 0 Å². The first-order valence-electron chi connectivity index (χ1n) is 8.48. The van der Waals surface area contributed by atoms with Gasteiger partial charge in [-0.3, -0.25) is 4.79 Å². The SMILES string of the molecule is Cn1c2c(c3cccc(C(C)(C)CC(=O)O)c31)C1CCN2CC1. The van der Waals surface area contributed by atoms with Crippen LogP contribution in [0.3, 0.4) is 0 Å². The number of piperidine rings is 1. The highest BCUT2D eigenvalue weighted by molar-refractivity contribution is 5.94. The van der Waals surface area contributed by atoms with Crippen LogP contribution < -0.4 is 4.90 Å². The van der Waals surface area contributed by atoms with Gasteiger partial charge < -0.3 is 14.6 Å². The number of benzene rings is 1. The summed E-state index contributed by atoms with van der Waals surface area (Å²) in [5.41, 5.74) is 3.49. The Morgan fingerprint density at radius 2 is 2.00 bits per heavy atom. The second kappa shape index (κ2) is 4.76. The van der Waals surface area contributed by atoms with Crippen molar-refractivity contribution < 1.29 is 9.90 Å². The van der Waals surface area contributed by atoms with Crippen molar-refractivity contribution in [3.63, 3.8) is 0 Å². The summed E-state index contributed by atoms with van der Waals surface area (Å²) >= 11 is 0. The van der Waals surface area contributed by atoms with E-state index in [1.165, 1.54) is 35.1 Å². The minimum Gasteiger partial charge on any atom is -0.481 e. The summed E-state index contributed by atoms with van der Waals surface area (Å²) in [7, 11) is 2.14. The van der Waals surface area contributed by atoms with Crippen LogP contribution in [0.1, 0.15) is 50.2 Å². The number of rotatable bonds is 3. The van der Waals surface area contributed by atoms with Gasteiger partial charge in [-0.15, -0.1) is 0 Å². The van der Waals surface area contributed by atoms with Gasteiger partial charge >= 0.3 is 5.97 Å². The van der Waals surface area contributed by atoms with Crippen LogP contribution in [-0.2, 0) is 17.3 Å². The van der Waals surface area contributed by atoms with E-state index in [9.17, 15) is 9.90 Å². The lowest BCUT2D eigenvalue weighted by molar-refractivity contribution is -0.138. The second-order valence-corrected chi connectivity index (χ2v) is 7.71. The average molecular weight is 312 g/mol. The molecule has 23 heavy (non-hydrogen) atoms. The van der Waals surface area contributed by atoms with Crippen LogP contribution in [0.5, 0.6) is 0 Å². The molecule has 2 aromatic rings. The molecule has 122 valence electrons. The Bertz CT molecular complexity index is 795. The molecule has 2 bridgehead atoms. The monoisotopic (exact) mass is 312 g/mol. The van der Waals surface area contributed by atoms with Crippen molar-refractivity contribution in [3.05, 3.63) is 29.3 Å². The number of aromatic nitrogens is 1. The molecule has 1 aromatic carbocycles. The molecule has 3 aliphatic heterocycles. The molecule has 0 radical (unpaired) electrons. The van der Waals surface area contributed by atoms with E-state index in [0.29, 0.717) is 5.92 Å². The van der Waals surface area contributed by atoms with Crippen molar-refractivity contribution >= 4 is 22.7 Å². The third-order valence-electron chi connectivity index (χ3n) is 5.75. The number of fused-ring (bicyclic) bond motifs is 3. The molecule has 1 N–H and O–H groups in total. The van der Waals surface area contributed by atoms with Gasteiger partial charge in [0.05, 0.1) is 11.9 Å². The lowest BCUT2D eigenvalue weighted by Gasteiger charge is -2.41. The van der Waals surface area contributed by atoms with Crippen molar-refractivity contribution in [2.24, 2.45) is 7.05 Å². The minimum absolute atomic E-state index is 0.148. The summed E-state index contributed by atoms with van der Waals surface area (Å²) in [6, 6.07) is 6.42. The first kappa shape index (κ1) is 14.6. The molecular weight excluding hydrogens is 288 g/mol. The van der Waals surface area contributed by atoms with Crippen LogP contribution in [0.2, 0.25) is 0 Å². The van der Waals surface area contributed by atoms with Gasteiger partial charge in [0.1, 0.15) is 5.82 Å². The number of anilines is 1. The van der Waals surface area contributed by atoms with E-state index < -0.39 is 5.97 Å². The molecular formula is C19H24N2O2. The quantitative estimate of drug-likeness (QED) is 0.941. The Hall–Kier alpha value is -1.97. The van der Waals surface area contributed by atoms with E-state index in [0.717, 1.165) is 18.7 Å². The normalized spacial score (nSPS) is 17.8. The molecule has 1 saturated heterocycles. The Balaban J connectivity index is 1.99. The van der Waals surface area contributed by atoms with E-state index in [1.807, 2.05) is 13.8 Å². The highest BCUT2D eigenvalue weighted by Crippen LogP contribution is 2.49. The van der Waals surface area contributed by atoms with Crippen molar-refractivity contribution in [1.29, 1.82) is 0 Å². The van der Waals surface area contributed by atoms with Crippen LogP contribution >= 0.6 is 0 Å². The topological polar surface area (TPSA) is 45.5 Å². The summed E-state index contributed by atoms with van der Waals surface area (Å²) in [5.74, 6) is 1.28. The Morgan fingerprint density at radius 1 is 1.30 bits per heavy atom. The first-order chi connectivity index (χ1) is 10.9. The van der Waals surface area contributed by atoms with Crippen molar-refractivity contribution in [1.82, 2.24) is 4.57 Å². The standard InChI is InChI=1S/C19H24N2O2/c1-19(2,11-15(22)23)14-6-4-5-13-16-12-7-9-21(10-8-12)18(16)20(3)17(13)14/h4-6,12H,7-11H2,1-3H3,(H,22,23). The summed E-state index contributed by atoms with van der Waals surface area (Å²) in [6.45, 7) is 6.37. The summed E-state index contributed by atoms with van der Waals surface area (Å²) < 4.78 is 2.31. The maximum Gasteiger partial charge on any atom is 0.304 e. The molecule has 0 spiro atoms. The van der Waals surface area contributed by atoms with E-state index >= 15 is 0 Å². The summed E-state index contributed by atoms with van der Waals surface area (Å²) in [6.07, 6.45) is 2.64. The largest absolute Gasteiger partial charge is 0.481 e. The lowest BCUT2D eigenvalue weighted by atomic mass is 9.79. The zero-order valence-corrected chi connectivity index (χ0v) is 14.1. The molecule has 0 aliphatic carbocycles. The van der Waals surface area contributed by atoms with Crippen LogP contribution in [0.4, 0.5) is 5.82 Å². The molecule has 4 heteroatoms. The van der Waals surface area contributed by atoms with Crippen LogP contribution in [0.15, 0.2) is 18.2 Å². The smallest absolute Gasteiger partial charge is 0.304 e. The van der Waals surface area contributed by atoms with Gasteiger partial charge in [-0.1, -0.05) is 32.0 Å². The molecule has 0 unspecified atom stereocenters. The first-order valence-corrected chi connectivity index (χ1v) is 8.48. The zero-order chi connectivity index (χ0) is 16.4. The highest BCUT2D eigenvalue weighted by atomic mass is 16.4. The third kappa shape index (κ3) is 2.00. The number of hydrogen-bond acceptors (Lipinski definition) is 2. The molecule has 0 atom stereocenters. The van der Waals surface area contributed by atoms with Crippen LogP contribution in [-0.4, -0.2) is 28.7 Å². The Kier molecular flexibility index (Phi) is 3.03. The number of carbonyl (C=O) groups is 1. The number of para-hydroxylation sites is 1. The van der Waals surface area contributed by atoms with E-state index in [4.69, 9.17) is 0 Å². The molecule has 0 amide bonds. The molecule has 1 fully saturated rings. The summed E-state index contributed by atoms with van der Waals surface area (Å²) in [4.78, 5) is 13.8. The zero-order valence-electron chi connectivity index (χ0n) is 14.1. The van der Waals surface area contributed by atoms with Gasteiger partial charge in [-0.05, 0) is 24.3 Å². The fourth-order valence-electron chi connectivity index (χ4n) is 4.71. The van der Waals surface area contributed by atoms with Crippen molar-refractivity contribution in [2.45, 2.75) is 44.4 Å². The Labute approximate surface area is 136 Å². The molecule has 4 nitrogen and oxygen atoms in total. The van der Waals surface area contributed by atoms with Gasteiger partial charge in [0.25, 0.3) is 0 Å². The summed E-state index contributed by atoms with van der Waals surface area (Å²) in [5, 5.41) is 10.6. The molecule has 4 heterocycles. The van der Waals surface area contributed by atoms with E-state index in [-0.39, 0.29) is 11.8 Å². The fraction of sp³-hybridized carbons (Fsp3) is 0.526. The van der Waals surface area contributed by atoms with Gasteiger partial charge in [0.15, 0.2) is 0 Å². The average Bonchev–Trinajstić information content (AvgIpc) is 2.83. The lowest BCUT2D eigenvalue weighted by Crippen LogP contribution is -2.39. The van der Waals surface area contributed by atoms with Gasteiger partial charge in [0, 0.05) is 36.5 Å². The van der Waals surface area contributed by atoms with Crippen molar-refractivity contribution in [3.8, 4) is 0 Å². The van der Waals surface area contributed by atoms with E-state index in [2.05, 4.69) is 34.7 Å². The minimum atomic E-state index is -0.741. The number of nitrogens with zero attached hydrogens (tertiary/aromatic N) is 2. The molecule has 0 saturated carbocycles. The molecule has 1 aromatic heterocycles. The van der Waals surface area contributed by atoms with Gasteiger partial charge in [-0.2, -0.15) is 0 Å². The number of aliphatic carboxylic acids is 1. The van der Waals surface area contributed by atoms with Crippen LogP contribution in [0.25, 0.3) is 10.9 Å². The van der Waals surface area contributed by atoms with E-state index in [1.54, 1.807) is 0 Å². The van der Waals surface area contributed by atoms with Gasteiger partial charge in [-0.25, -0.2) is 0 Å².